The Morgan fingerprint density at radius 1 is 0.920 bits per heavy atom. The number of carboxylic acids is 1. The second-order valence-corrected chi connectivity index (χ2v) is 9.37. The Kier molecular flexibility index (Phi) is 12.1. The Morgan fingerprint density at radius 3 is 2.08 bits per heavy atom. The predicted molar refractivity (Wildman–Crippen MR) is 111 cm³/mol. The fraction of sp³-hybridized carbons (Fsp3) is 0.632. The van der Waals surface area contributed by atoms with Crippen LogP contribution in [0.5, 0.6) is 0 Å². The van der Waals surface area contributed by atoms with Crippen LogP contribution in [0.3, 0.4) is 0 Å². The second-order valence-electron chi connectivity index (χ2n) is 6.22. The first-order chi connectivity index (χ1) is 11.9. The smallest absolute Gasteiger partial charge is 0.340 e. The van der Waals surface area contributed by atoms with E-state index < -0.39 is 10.3 Å². The summed E-state index contributed by atoms with van der Waals surface area (Å²) in [4.78, 5) is 10.8. The Morgan fingerprint density at radius 2 is 1.48 bits per heavy atom. The van der Waals surface area contributed by atoms with Gasteiger partial charge in [-0.15, -0.1) is 0 Å². The number of halogens is 3. The Balaban J connectivity index is 1.86. The molecule has 0 spiro atoms. The summed E-state index contributed by atoms with van der Waals surface area (Å²) in [5.74, 6) is 1.23. The van der Waals surface area contributed by atoms with Gasteiger partial charge in [0, 0.05) is 5.02 Å². The lowest BCUT2D eigenvalue weighted by Gasteiger charge is -2.13. The summed E-state index contributed by atoms with van der Waals surface area (Å²) in [5.41, 5.74) is 1.36. The van der Waals surface area contributed by atoms with Crippen molar-refractivity contribution in [3.63, 3.8) is 0 Å². The van der Waals surface area contributed by atoms with E-state index in [4.69, 9.17) is 39.9 Å². The summed E-state index contributed by atoms with van der Waals surface area (Å²) in [6.07, 6.45) is 9.20. The molecule has 6 heteroatoms. The molecule has 0 amide bonds. The van der Waals surface area contributed by atoms with E-state index in [1.807, 2.05) is 23.9 Å². The van der Waals surface area contributed by atoms with E-state index in [2.05, 4.69) is 12.1 Å². The maximum atomic E-state index is 10.8. The third kappa shape index (κ3) is 11.3. The summed E-state index contributed by atoms with van der Waals surface area (Å²) < 4.78 is -1.62. The molecule has 0 unspecified atom stereocenters. The SMILES string of the molecule is O=C(O)C(Cl)(Cl)CCCCCCSCCCCCc1ccc(Cl)cc1. The van der Waals surface area contributed by atoms with E-state index in [0.717, 1.165) is 30.7 Å². The first kappa shape index (κ1) is 23.0. The van der Waals surface area contributed by atoms with Gasteiger partial charge in [0.2, 0.25) is 4.33 Å². The van der Waals surface area contributed by atoms with Crippen molar-refractivity contribution >= 4 is 52.5 Å². The number of thioether (sulfide) groups is 1. The third-order valence-electron chi connectivity index (χ3n) is 4.01. The number of benzene rings is 1. The molecule has 1 aromatic rings. The van der Waals surface area contributed by atoms with E-state index in [9.17, 15) is 4.79 Å². The number of unbranched alkanes of at least 4 members (excludes halogenated alkanes) is 5. The predicted octanol–water partition coefficient (Wildman–Crippen LogP) is 7.00. The van der Waals surface area contributed by atoms with Crippen molar-refractivity contribution in [3.05, 3.63) is 34.9 Å². The van der Waals surface area contributed by atoms with Gasteiger partial charge in [0.25, 0.3) is 0 Å². The fourth-order valence-electron chi connectivity index (χ4n) is 2.47. The average Bonchev–Trinajstić information content (AvgIpc) is 2.57. The monoisotopic (exact) mass is 424 g/mol. The van der Waals surface area contributed by atoms with E-state index >= 15 is 0 Å². The molecule has 0 heterocycles. The second kappa shape index (κ2) is 13.1. The van der Waals surface area contributed by atoms with Crippen molar-refractivity contribution in [3.8, 4) is 0 Å². The highest BCUT2D eigenvalue weighted by molar-refractivity contribution is 7.99. The van der Waals surface area contributed by atoms with Crippen LogP contribution in [-0.2, 0) is 11.2 Å². The number of rotatable bonds is 14. The molecule has 0 atom stereocenters. The van der Waals surface area contributed by atoms with Crippen molar-refractivity contribution in [2.24, 2.45) is 0 Å². The van der Waals surface area contributed by atoms with Crippen molar-refractivity contribution in [1.29, 1.82) is 0 Å². The highest BCUT2D eigenvalue weighted by Gasteiger charge is 2.32. The summed E-state index contributed by atoms with van der Waals surface area (Å²) in [6, 6.07) is 8.11. The molecule has 0 aliphatic heterocycles. The summed E-state index contributed by atoms with van der Waals surface area (Å²) in [5, 5.41) is 9.60. The maximum Gasteiger partial charge on any atom is 0.340 e. The summed E-state index contributed by atoms with van der Waals surface area (Å²) in [6.45, 7) is 0. The van der Waals surface area contributed by atoms with Gasteiger partial charge in [-0.1, -0.05) is 66.2 Å². The van der Waals surface area contributed by atoms with Crippen molar-refractivity contribution < 1.29 is 9.90 Å². The lowest BCUT2D eigenvalue weighted by molar-refractivity contribution is -0.138. The molecule has 142 valence electrons. The molecule has 0 aromatic heterocycles. The summed E-state index contributed by atoms with van der Waals surface area (Å²) in [7, 11) is 0. The van der Waals surface area contributed by atoms with Crippen LogP contribution >= 0.6 is 46.6 Å². The van der Waals surface area contributed by atoms with E-state index in [0.29, 0.717) is 6.42 Å². The Labute approximate surface area is 170 Å². The molecule has 0 radical (unpaired) electrons. The van der Waals surface area contributed by atoms with Crippen LogP contribution in [0, 0.1) is 0 Å². The molecular weight excluding hydrogens is 399 g/mol. The number of carbonyl (C=O) groups is 1. The minimum Gasteiger partial charge on any atom is -0.479 e. The topological polar surface area (TPSA) is 37.3 Å². The number of aryl methyl sites for hydroxylation is 1. The van der Waals surface area contributed by atoms with Gasteiger partial charge in [-0.3, -0.25) is 0 Å². The fourth-order valence-corrected chi connectivity index (χ4v) is 3.89. The number of alkyl halides is 2. The molecule has 0 saturated heterocycles. The van der Waals surface area contributed by atoms with Gasteiger partial charge in [0.05, 0.1) is 0 Å². The first-order valence-corrected chi connectivity index (χ1v) is 11.1. The van der Waals surface area contributed by atoms with Crippen LogP contribution in [0.4, 0.5) is 0 Å². The van der Waals surface area contributed by atoms with Crippen LogP contribution in [0.15, 0.2) is 24.3 Å². The van der Waals surface area contributed by atoms with Gasteiger partial charge in [-0.25, -0.2) is 4.79 Å². The Hall–Kier alpha value is -0.0900. The zero-order chi connectivity index (χ0) is 18.5. The van der Waals surface area contributed by atoms with Crippen LogP contribution in [0.1, 0.15) is 56.9 Å². The Bertz CT molecular complexity index is 492. The highest BCUT2D eigenvalue weighted by Crippen LogP contribution is 2.28. The molecule has 2 nitrogen and oxygen atoms in total. The number of aliphatic carboxylic acids is 1. The molecule has 0 bridgehead atoms. The van der Waals surface area contributed by atoms with Crippen LogP contribution in [0.25, 0.3) is 0 Å². The van der Waals surface area contributed by atoms with Crippen LogP contribution < -0.4 is 0 Å². The number of carboxylic acid groups (broad SMARTS) is 1. The molecular formula is C19H27Cl3O2S. The minimum absolute atomic E-state index is 0.312. The van der Waals surface area contributed by atoms with Crippen LogP contribution in [0.2, 0.25) is 5.02 Å². The van der Waals surface area contributed by atoms with Gasteiger partial charge in [-0.05, 0) is 67.7 Å². The zero-order valence-corrected chi connectivity index (χ0v) is 17.6. The van der Waals surface area contributed by atoms with Gasteiger partial charge in [-0.2, -0.15) is 11.8 Å². The van der Waals surface area contributed by atoms with Gasteiger partial charge < -0.3 is 5.11 Å². The molecule has 1 rings (SSSR count). The number of hydrogen-bond donors (Lipinski definition) is 1. The highest BCUT2D eigenvalue weighted by atomic mass is 35.5. The lowest BCUT2D eigenvalue weighted by atomic mass is 10.1. The van der Waals surface area contributed by atoms with Crippen LogP contribution in [-0.4, -0.2) is 26.9 Å². The molecule has 1 aromatic carbocycles. The normalized spacial score (nSPS) is 11.6. The van der Waals surface area contributed by atoms with E-state index in [1.54, 1.807) is 0 Å². The van der Waals surface area contributed by atoms with Gasteiger partial charge in [0.1, 0.15) is 0 Å². The molecule has 0 saturated carbocycles. The maximum absolute atomic E-state index is 10.8. The van der Waals surface area contributed by atoms with Gasteiger partial charge in [0.15, 0.2) is 0 Å². The van der Waals surface area contributed by atoms with Gasteiger partial charge >= 0.3 is 5.97 Å². The third-order valence-corrected chi connectivity index (χ3v) is 6.12. The van der Waals surface area contributed by atoms with Crippen molar-refractivity contribution in [2.75, 3.05) is 11.5 Å². The molecule has 0 aliphatic carbocycles. The van der Waals surface area contributed by atoms with Crippen molar-refractivity contribution in [1.82, 2.24) is 0 Å². The average molecular weight is 426 g/mol. The first-order valence-electron chi connectivity index (χ1n) is 8.85. The quantitative estimate of drug-likeness (QED) is 0.257. The van der Waals surface area contributed by atoms with Crippen molar-refractivity contribution in [2.45, 2.75) is 62.1 Å². The standard InChI is InChI=1S/C19H27Cl3O2S/c20-17-11-9-16(10-12-17)8-4-3-7-15-25-14-6-2-1-5-13-19(21,22)18(23)24/h9-12H,1-8,13-15H2,(H,23,24). The zero-order valence-electron chi connectivity index (χ0n) is 14.5. The molecule has 0 fully saturated rings. The van der Waals surface area contributed by atoms with E-state index in [1.165, 1.54) is 42.8 Å². The largest absolute Gasteiger partial charge is 0.479 e. The minimum atomic E-state index is -1.62. The summed E-state index contributed by atoms with van der Waals surface area (Å²) >= 11 is 19.3. The molecule has 1 N–H and O–H groups in total. The van der Waals surface area contributed by atoms with E-state index in [-0.39, 0.29) is 0 Å². The number of hydrogen-bond acceptors (Lipinski definition) is 2. The lowest BCUT2D eigenvalue weighted by Crippen LogP contribution is -2.25. The molecule has 25 heavy (non-hydrogen) atoms. The molecule has 0 aliphatic rings.